The van der Waals surface area contributed by atoms with Crippen molar-refractivity contribution >= 4 is 0 Å². The van der Waals surface area contributed by atoms with Gasteiger partial charge in [0.05, 0.1) is 12.2 Å². The summed E-state index contributed by atoms with van der Waals surface area (Å²) in [6.45, 7) is 6.82. The Morgan fingerprint density at radius 2 is 2.00 bits per heavy atom. The van der Waals surface area contributed by atoms with Gasteiger partial charge in [0.2, 0.25) is 0 Å². The molecule has 1 N–H and O–H groups in total. The molecule has 1 aliphatic rings. The van der Waals surface area contributed by atoms with Crippen molar-refractivity contribution in [1.82, 2.24) is 4.90 Å². The minimum absolute atomic E-state index is 0.393. The smallest absolute Gasteiger partial charge is 0.0774 e. The van der Waals surface area contributed by atoms with Gasteiger partial charge in [-0.15, -0.1) is 0 Å². The number of likely N-dealkylation sites (N-methyl/N-ethyl adjacent to an activating group) is 1. The van der Waals surface area contributed by atoms with Crippen LogP contribution in [0.3, 0.4) is 0 Å². The average molecular weight is 215 g/mol. The van der Waals surface area contributed by atoms with Crippen LogP contribution in [0.4, 0.5) is 0 Å². The van der Waals surface area contributed by atoms with E-state index >= 15 is 0 Å². The summed E-state index contributed by atoms with van der Waals surface area (Å²) in [4.78, 5) is 2.31. The standard InChI is InChI=1S/C12H25NO2/c1-4-13(11(2)9-15-3)10-12(14)7-5-6-8-12/h11,14H,4-10H2,1-3H3. The minimum Gasteiger partial charge on any atom is -0.389 e. The molecule has 0 bridgehead atoms. The maximum Gasteiger partial charge on any atom is 0.0774 e. The van der Waals surface area contributed by atoms with E-state index in [4.69, 9.17) is 4.74 Å². The molecule has 0 saturated heterocycles. The van der Waals surface area contributed by atoms with Gasteiger partial charge in [-0.2, -0.15) is 0 Å². The summed E-state index contributed by atoms with van der Waals surface area (Å²) in [7, 11) is 1.73. The van der Waals surface area contributed by atoms with E-state index in [1.807, 2.05) is 0 Å². The molecule has 1 unspecified atom stereocenters. The van der Waals surface area contributed by atoms with Crippen molar-refractivity contribution < 1.29 is 9.84 Å². The van der Waals surface area contributed by atoms with Gasteiger partial charge in [-0.1, -0.05) is 19.8 Å². The minimum atomic E-state index is -0.433. The lowest BCUT2D eigenvalue weighted by molar-refractivity contribution is -0.0106. The summed E-state index contributed by atoms with van der Waals surface area (Å²) in [6, 6.07) is 0.393. The Morgan fingerprint density at radius 3 is 2.47 bits per heavy atom. The Kier molecular flexibility index (Phi) is 5.03. The highest BCUT2D eigenvalue weighted by atomic mass is 16.5. The van der Waals surface area contributed by atoms with Crippen LogP contribution in [0.25, 0.3) is 0 Å². The van der Waals surface area contributed by atoms with Crippen LogP contribution >= 0.6 is 0 Å². The lowest BCUT2D eigenvalue weighted by Gasteiger charge is -2.34. The van der Waals surface area contributed by atoms with E-state index in [2.05, 4.69) is 18.7 Å². The number of hydrogen-bond donors (Lipinski definition) is 1. The van der Waals surface area contributed by atoms with Crippen LogP contribution in [0.5, 0.6) is 0 Å². The van der Waals surface area contributed by atoms with Crippen LogP contribution in [0.15, 0.2) is 0 Å². The number of methoxy groups -OCH3 is 1. The lowest BCUT2D eigenvalue weighted by atomic mass is 10.0. The van der Waals surface area contributed by atoms with Crippen molar-refractivity contribution in [2.75, 3.05) is 26.8 Å². The van der Waals surface area contributed by atoms with Gasteiger partial charge >= 0.3 is 0 Å². The van der Waals surface area contributed by atoms with Gasteiger partial charge in [-0.05, 0) is 26.3 Å². The number of nitrogens with zero attached hydrogens (tertiary/aromatic N) is 1. The van der Waals surface area contributed by atoms with Crippen LogP contribution in [0.2, 0.25) is 0 Å². The van der Waals surface area contributed by atoms with Crippen LogP contribution < -0.4 is 0 Å². The van der Waals surface area contributed by atoms with E-state index in [9.17, 15) is 5.11 Å². The second kappa shape index (κ2) is 5.83. The molecule has 1 atom stereocenters. The van der Waals surface area contributed by atoms with Crippen molar-refractivity contribution in [1.29, 1.82) is 0 Å². The van der Waals surface area contributed by atoms with Gasteiger partial charge in [0.25, 0.3) is 0 Å². The highest BCUT2D eigenvalue weighted by molar-refractivity contribution is 4.88. The Labute approximate surface area is 93.4 Å². The van der Waals surface area contributed by atoms with Crippen molar-refractivity contribution in [3.05, 3.63) is 0 Å². The molecule has 1 saturated carbocycles. The number of rotatable bonds is 6. The molecule has 0 aromatic heterocycles. The Hall–Kier alpha value is -0.120. The van der Waals surface area contributed by atoms with E-state index in [0.717, 1.165) is 32.5 Å². The van der Waals surface area contributed by atoms with E-state index in [0.29, 0.717) is 6.04 Å². The second-order valence-corrected chi connectivity index (χ2v) is 4.80. The van der Waals surface area contributed by atoms with Crippen LogP contribution in [-0.2, 0) is 4.74 Å². The number of aliphatic hydroxyl groups is 1. The fraction of sp³-hybridized carbons (Fsp3) is 1.00. The third-order valence-electron chi connectivity index (χ3n) is 3.47. The van der Waals surface area contributed by atoms with Crippen molar-refractivity contribution in [3.63, 3.8) is 0 Å². The maximum absolute atomic E-state index is 10.3. The molecule has 1 fully saturated rings. The van der Waals surface area contributed by atoms with Gasteiger partial charge in [0, 0.05) is 19.7 Å². The molecule has 3 heteroatoms. The van der Waals surface area contributed by atoms with E-state index in [-0.39, 0.29) is 0 Å². The predicted molar refractivity (Wildman–Crippen MR) is 62.0 cm³/mol. The summed E-state index contributed by atoms with van der Waals surface area (Å²) in [6.07, 6.45) is 4.27. The molecule has 0 aromatic carbocycles. The summed E-state index contributed by atoms with van der Waals surface area (Å²) in [5, 5.41) is 10.3. The summed E-state index contributed by atoms with van der Waals surface area (Å²) in [5.74, 6) is 0. The molecule has 1 rings (SSSR count). The molecule has 0 heterocycles. The normalized spacial score (nSPS) is 22.2. The molecular weight excluding hydrogens is 190 g/mol. The van der Waals surface area contributed by atoms with Crippen molar-refractivity contribution in [2.24, 2.45) is 0 Å². The molecule has 0 aromatic rings. The number of ether oxygens (including phenoxy) is 1. The first-order chi connectivity index (χ1) is 7.11. The van der Waals surface area contributed by atoms with Crippen LogP contribution in [0, 0.1) is 0 Å². The topological polar surface area (TPSA) is 32.7 Å². The molecule has 0 spiro atoms. The molecule has 1 aliphatic carbocycles. The largest absolute Gasteiger partial charge is 0.389 e. The van der Waals surface area contributed by atoms with Gasteiger partial charge in [0.1, 0.15) is 0 Å². The number of hydrogen-bond acceptors (Lipinski definition) is 3. The quantitative estimate of drug-likeness (QED) is 0.731. The summed E-state index contributed by atoms with van der Waals surface area (Å²) >= 11 is 0. The third-order valence-corrected chi connectivity index (χ3v) is 3.47. The van der Waals surface area contributed by atoms with E-state index in [1.165, 1.54) is 12.8 Å². The average Bonchev–Trinajstić information content (AvgIpc) is 2.62. The maximum atomic E-state index is 10.3. The molecule has 0 radical (unpaired) electrons. The van der Waals surface area contributed by atoms with Gasteiger partial charge in [-0.25, -0.2) is 0 Å². The predicted octanol–water partition coefficient (Wildman–Crippen LogP) is 1.65. The third kappa shape index (κ3) is 3.74. The lowest BCUT2D eigenvalue weighted by Crippen LogP contribution is -2.46. The molecule has 90 valence electrons. The molecule has 15 heavy (non-hydrogen) atoms. The zero-order valence-electron chi connectivity index (χ0n) is 10.3. The first-order valence-electron chi connectivity index (χ1n) is 6.06. The van der Waals surface area contributed by atoms with Crippen LogP contribution in [0.1, 0.15) is 39.5 Å². The van der Waals surface area contributed by atoms with Crippen molar-refractivity contribution in [3.8, 4) is 0 Å². The van der Waals surface area contributed by atoms with Crippen LogP contribution in [-0.4, -0.2) is 48.5 Å². The second-order valence-electron chi connectivity index (χ2n) is 4.80. The first kappa shape index (κ1) is 12.9. The van der Waals surface area contributed by atoms with E-state index < -0.39 is 5.60 Å². The summed E-state index contributed by atoms with van der Waals surface area (Å²) in [5.41, 5.74) is -0.433. The molecule has 0 aliphatic heterocycles. The zero-order valence-corrected chi connectivity index (χ0v) is 10.3. The Morgan fingerprint density at radius 1 is 1.40 bits per heavy atom. The van der Waals surface area contributed by atoms with Crippen molar-refractivity contribution in [2.45, 2.75) is 51.2 Å². The molecule has 0 amide bonds. The summed E-state index contributed by atoms with van der Waals surface area (Å²) < 4.78 is 5.16. The molecular formula is C12H25NO2. The highest BCUT2D eigenvalue weighted by Gasteiger charge is 2.33. The zero-order chi connectivity index (χ0) is 11.3. The van der Waals surface area contributed by atoms with Gasteiger partial charge in [-0.3, -0.25) is 4.90 Å². The van der Waals surface area contributed by atoms with Gasteiger partial charge in [0.15, 0.2) is 0 Å². The monoisotopic (exact) mass is 215 g/mol. The SMILES string of the molecule is CCN(CC1(O)CCCC1)C(C)COC. The van der Waals surface area contributed by atoms with Gasteiger partial charge < -0.3 is 9.84 Å². The first-order valence-corrected chi connectivity index (χ1v) is 6.06. The Bertz CT molecular complexity index is 178. The fourth-order valence-electron chi connectivity index (χ4n) is 2.50. The fourth-order valence-corrected chi connectivity index (χ4v) is 2.50. The Balaban J connectivity index is 2.44. The van der Waals surface area contributed by atoms with E-state index in [1.54, 1.807) is 7.11 Å². The molecule has 3 nitrogen and oxygen atoms in total. The highest BCUT2D eigenvalue weighted by Crippen LogP contribution is 2.30.